The summed E-state index contributed by atoms with van der Waals surface area (Å²) in [4.78, 5) is 25.5. The molecule has 0 unspecified atom stereocenters. The van der Waals surface area contributed by atoms with Gasteiger partial charge in [0.1, 0.15) is 11.3 Å². The van der Waals surface area contributed by atoms with E-state index in [4.69, 9.17) is 22.3 Å². The van der Waals surface area contributed by atoms with Gasteiger partial charge < -0.3 is 16.4 Å². The van der Waals surface area contributed by atoms with Gasteiger partial charge in [-0.15, -0.1) is 0 Å². The Hall–Kier alpha value is -2.94. The fraction of sp³-hybridized carbons (Fsp3) is 0.455. The Morgan fingerprint density at radius 3 is 2.59 bits per heavy atom. The van der Waals surface area contributed by atoms with Crippen LogP contribution in [-0.4, -0.2) is 31.5 Å². The summed E-state index contributed by atoms with van der Waals surface area (Å²) in [6.45, 7) is 0. The third kappa shape index (κ3) is 3.97. The number of carbonyl (C=O) groups excluding carboxylic acids is 1. The molecule has 0 atom stereocenters. The summed E-state index contributed by atoms with van der Waals surface area (Å²) in [5.41, 5.74) is 6.95. The number of nitrogens with zero attached hydrogens (tertiary/aromatic N) is 4. The van der Waals surface area contributed by atoms with Crippen molar-refractivity contribution in [3.05, 3.63) is 35.2 Å². The van der Waals surface area contributed by atoms with E-state index in [2.05, 4.69) is 20.6 Å². The number of aromatic nitrogens is 4. The predicted octanol–water partition coefficient (Wildman–Crippen LogP) is 4.54. The number of carbonyl (C=O) groups is 1. The number of amides is 1. The van der Waals surface area contributed by atoms with Crippen LogP contribution in [0.4, 0.5) is 22.0 Å². The highest BCUT2D eigenvalue weighted by molar-refractivity contribution is 6.33. The molecule has 10 heteroatoms. The Labute approximate surface area is 189 Å². The smallest absolute Gasteiger partial charge is 0.224 e. The highest BCUT2D eigenvalue weighted by Gasteiger charge is 2.29. The van der Waals surface area contributed by atoms with Crippen LogP contribution in [-0.2, 0) is 4.79 Å². The Balaban J connectivity index is 1.54. The summed E-state index contributed by atoms with van der Waals surface area (Å²) in [7, 11) is 0. The van der Waals surface area contributed by atoms with Gasteiger partial charge >= 0.3 is 0 Å². The average molecular weight is 458 g/mol. The van der Waals surface area contributed by atoms with Crippen LogP contribution in [0.15, 0.2) is 24.4 Å². The van der Waals surface area contributed by atoms with Crippen LogP contribution in [0.3, 0.4) is 0 Å². The van der Waals surface area contributed by atoms with Crippen molar-refractivity contribution in [1.29, 1.82) is 0 Å². The zero-order valence-electron chi connectivity index (χ0n) is 17.5. The van der Waals surface area contributed by atoms with Crippen LogP contribution >= 0.6 is 11.6 Å². The van der Waals surface area contributed by atoms with E-state index >= 15 is 0 Å². The van der Waals surface area contributed by atoms with Crippen LogP contribution in [0, 0.1) is 11.7 Å². The number of rotatable bonds is 6. The SMILES string of the molecule is NC(=O)[C@H]1CC[C@@H](n2c(Nc3c(F)cccc3Cl)nc3cnc(NC4CCC4)nc32)CC1. The van der Waals surface area contributed by atoms with Crippen molar-refractivity contribution < 1.29 is 9.18 Å². The summed E-state index contributed by atoms with van der Waals surface area (Å²) < 4.78 is 16.5. The van der Waals surface area contributed by atoms with E-state index in [0.29, 0.717) is 41.9 Å². The first-order valence-corrected chi connectivity index (χ1v) is 11.4. The van der Waals surface area contributed by atoms with E-state index in [1.54, 1.807) is 18.3 Å². The molecule has 1 aromatic carbocycles. The van der Waals surface area contributed by atoms with Gasteiger partial charge in [0.2, 0.25) is 17.8 Å². The topological polar surface area (TPSA) is 111 Å². The number of imidazole rings is 1. The lowest BCUT2D eigenvalue weighted by molar-refractivity contribution is -0.122. The lowest BCUT2D eigenvalue weighted by atomic mass is 9.85. The first-order valence-electron chi connectivity index (χ1n) is 11.0. The number of nitrogens with one attached hydrogen (secondary N) is 2. The summed E-state index contributed by atoms with van der Waals surface area (Å²) >= 11 is 6.25. The van der Waals surface area contributed by atoms with Gasteiger partial charge in [0.15, 0.2) is 5.65 Å². The Morgan fingerprint density at radius 2 is 1.94 bits per heavy atom. The molecule has 4 N–H and O–H groups in total. The number of primary amides is 1. The van der Waals surface area contributed by atoms with Gasteiger partial charge in [0.25, 0.3) is 0 Å². The molecule has 0 bridgehead atoms. The van der Waals surface area contributed by atoms with E-state index in [-0.39, 0.29) is 28.6 Å². The predicted molar refractivity (Wildman–Crippen MR) is 121 cm³/mol. The van der Waals surface area contributed by atoms with Crippen LogP contribution in [0.1, 0.15) is 51.0 Å². The third-order valence-electron chi connectivity index (χ3n) is 6.53. The minimum atomic E-state index is -0.466. The molecule has 2 aliphatic rings. The van der Waals surface area contributed by atoms with Crippen LogP contribution in [0.25, 0.3) is 11.2 Å². The molecule has 5 rings (SSSR count). The lowest BCUT2D eigenvalue weighted by Gasteiger charge is -2.29. The number of para-hydroxylation sites is 1. The number of fused-ring (bicyclic) bond motifs is 1. The van der Waals surface area contributed by atoms with Crippen LogP contribution in [0.2, 0.25) is 5.02 Å². The standard InChI is InChI=1S/C22H25ClFN7O/c23-15-5-2-6-16(24)18(15)29-22-28-17-11-26-21(27-13-3-1-4-13)30-20(17)31(22)14-9-7-12(8-10-14)19(25)32/h2,5-6,11-14H,1,3-4,7-10H2,(H2,25,32)(H,28,29)(H,26,27,30)/t12-,14+. The molecule has 2 heterocycles. The molecule has 2 fully saturated rings. The number of benzene rings is 1. The van der Waals surface area contributed by atoms with Crippen LogP contribution < -0.4 is 16.4 Å². The molecule has 8 nitrogen and oxygen atoms in total. The van der Waals surface area contributed by atoms with Crippen molar-refractivity contribution >= 4 is 46.3 Å². The van der Waals surface area contributed by atoms with Crippen molar-refractivity contribution in [3.63, 3.8) is 0 Å². The van der Waals surface area contributed by atoms with Gasteiger partial charge in [-0.25, -0.2) is 14.4 Å². The van der Waals surface area contributed by atoms with Gasteiger partial charge in [0, 0.05) is 18.0 Å². The van der Waals surface area contributed by atoms with Crippen molar-refractivity contribution in [2.75, 3.05) is 10.6 Å². The molecule has 1 amide bonds. The molecular formula is C22H25ClFN7O. The Bertz CT molecular complexity index is 1130. The summed E-state index contributed by atoms with van der Waals surface area (Å²) in [5.74, 6) is 0.162. The fourth-order valence-corrected chi connectivity index (χ4v) is 4.69. The molecule has 0 saturated heterocycles. The minimum absolute atomic E-state index is 0.0371. The number of hydrogen-bond donors (Lipinski definition) is 3. The maximum absolute atomic E-state index is 14.5. The minimum Gasteiger partial charge on any atom is -0.369 e. The number of halogens is 2. The molecule has 2 aliphatic carbocycles. The molecule has 0 aliphatic heterocycles. The maximum Gasteiger partial charge on any atom is 0.224 e. The van der Waals surface area contributed by atoms with Gasteiger partial charge in [-0.2, -0.15) is 4.98 Å². The maximum atomic E-state index is 14.5. The third-order valence-corrected chi connectivity index (χ3v) is 6.85. The monoisotopic (exact) mass is 457 g/mol. The molecule has 2 saturated carbocycles. The molecular weight excluding hydrogens is 433 g/mol. The number of nitrogens with two attached hydrogens (primary N) is 1. The van der Waals surface area contributed by atoms with Crippen molar-refractivity contribution in [2.24, 2.45) is 11.7 Å². The van der Waals surface area contributed by atoms with Gasteiger partial charge in [-0.1, -0.05) is 17.7 Å². The number of hydrogen-bond acceptors (Lipinski definition) is 6. The fourth-order valence-electron chi connectivity index (χ4n) is 4.48. The van der Waals surface area contributed by atoms with Crippen LogP contribution in [0.5, 0.6) is 0 Å². The second kappa shape index (κ2) is 8.54. The quantitative estimate of drug-likeness (QED) is 0.501. The summed E-state index contributed by atoms with van der Waals surface area (Å²) in [5, 5.41) is 6.71. The molecule has 2 aromatic heterocycles. The first-order chi connectivity index (χ1) is 15.5. The number of anilines is 3. The molecule has 0 radical (unpaired) electrons. The highest BCUT2D eigenvalue weighted by atomic mass is 35.5. The zero-order valence-corrected chi connectivity index (χ0v) is 18.3. The zero-order chi connectivity index (χ0) is 22.2. The largest absolute Gasteiger partial charge is 0.369 e. The normalized spacial score (nSPS) is 21.3. The van der Waals surface area contributed by atoms with E-state index in [1.807, 2.05) is 4.57 Å². The van der Waals surface area contributed by atoms with Crippen molar-refractivity contribution in [1.82, 2.24) is 19.5 Å². The summed E-state index contributed by atoms with van der Waals surface area (Å²) in [6, 6.07) is 4.96. The van der Waals surface area contributed by atoms with Gasteiger partial charge in [-0.05, 0) is 57.1 Å². The second-order valence-electron chi connectivity index (χ2n) is 8.61. The van der Waals surface area contributed by atoms with E-state index < -0.39 is 5.82 Å². The van der Waals surface area contributed by atoms with E-state index in [9.17, 15) is 9.18 Å². The molecule has 168 valence electrons. The first kappa shape index (κ1) is 20.9. The Morgan fingerprint density at radius 1 is 1.16 bits per heavy atom. The van der Waals surface area contributed by atoms with Crippen molar-refractivity contribution in [3.8, 4) is 0 Å². The molecule has 3 aromatic rings. The van der Waals surface area contributed by atoms with Crippen molar-refractivity contribution in [2.45, 2.75) is 57.0 Å². The molecule has 32 heavy (non-hydrogen) atoms. The van der Waals surface area contributed by atoms with E-state index in [1.165, 1.54) is 12.5 Å². The second-order valence-corrected chi connectivity index (χ2v) is 9.02. The Kier molecular flexibility index (Phi) is 5.58. The van der Waals surface area contributed by atoms with Gasteiger partial charge in [-0.3, -0.25) is 9.36 Å². The lowest BCUT2D eigenvalue weighted by Crippen LogP contribution is -2.29. The molecule has 0 spiro atoms. The average Bonchev–Trinajstić information content (AvgIpc) is 3.11. The summed E-state index contributed by atoms with van der Waals surface area (Å²) in [6.07, 6.45) is 7.98. The van der Waals surface area contributed by atoms with Gasteiger partial charge in [0.05, 0.1) is 16.9 Å². The highest BCUT2D eigenvalue weighted by Crippen LogP contribution is 2.38. The van der Waals surface area contributed by atoms with E-state index in [0.717, 1.165) is 25.7 Å².